The van der Waals surface area contributed by atoms with Gasteiger partial charge < -0.3 is 15.8 Å². The monoisotopic (exact) mass is 251 g/mol. The molecule has 0 aromatic carbocycles. The van der Waals surface area contributed by atoms with E-state index in [1.165, 1.54) is 12.8 Å². The van der Waals surface area contributed by atoms with Crippen molar-refractivity contribution in [3.63, 3.8) is 0 Å². The Hall–Kier alpha value is -1.20. The predicted octanol–water partition coefficient (Wildman–Crippen LogP) is 1.70. The number of pyridine rings is 1. The van der Waals surface area contributed by atoms with Gasteiger partial charge in [0.25, 0.3) is 0 Å². The summed E-state index contributed by atoms with van der Waals surface area (Å²) in [5.41, 5.74) is 6.30. The van der Waals surface area contributed by atoms with Gasteiger partial charge >= 0.3 is 0 Å². The standard InChI is InChI=1S/C12H17N3OS/c13-12(17)9-3-4-11(15-8-9)14-6-5-10-2-1-7-16-10/h3-4,8,10H,1-2,5-7H2,(H2,13,17)(H,14,15). The first-order chi connectivity index (χ1) is 8.25. The quantitative estimate of drug-likeness (QED) is 0.780. The van der Waals surface area contributed by atoms with Crippen molar-refractivity contribution in [3.05, 3.63) is 23.9 Å². The van der Waals surface area contributed by atoms with E-state index in [9.17, 15) is 0 Å². The molecule has 1 saturated heterocycles. The molecule has 5 heteroatoms. The topological polar surface area (TPSA) is 60.2 Å². The summed E-state index contributed by atoms with van der Waals surface area (Å²) in [6.07, 6.45) is 5.50. The van der Waals surface area contributed by atoms with Crippen LogP contribution in [0.2, 0.25) is 0 Å². The molecule has 1 aromatic rings. The maximum atomic E-state index is 5.55. The molecule has 17 heavy (non-hydrogen) atoms. The van der Waals surface area contributed by atoms with Gasteiger partial charge in [0.15, 0.2) is 0 Å². The fraction of sp³-hybridized carbons (Fsp3) is 0.500. The van der Waals surface area contributed by atoms with E-state index in [1.807, 2.05) is 12.1 Å². The molecule has 0 radical (unpaired) electrons. The maximum Gasteiger partial charge on any atom is 0.125 e. The molecule has 0 bridgehead atoms. The summed E-state index contributed by atoms with van der Waals surface area (Å²) in [5.74, 6) is 0.850. The summed E-state index contributed by atoms with van der Waals surface area (Å²) in [6.45, 7) is 1.79. The van der Waals surface area contributed by atoms with Crippen molar-refractivity contribution in [1.29, 1.82) is 0 Å². The van der Waals surface area contributed by atoms with Gasteiger partial charge in [-0.25, -0.2) is 4.98 Å². The van der Waals surface area contributed by atoms with Crippen LogP contribution in [0.15, 0.2) is 18.3 Å². The van der Waals surface area contributed by atoms with Crippen LogP contribution in [0.25, 0.3) is 0 Å². The molecule has 1 aromatic heterocycles. The number of hydrogen-bond acceptors (Lipinski definition) is 4. The van der Waals surface area contributed by atoms with Gasteiger partial charge in [-0.1, -0.05) is 12.2 Å². The van der Waals surface area contributed by atoms with Crippen LogP contribution in [0.3, 0.4) is 0 Å². The van der Waals surface area contributed by atoms with E-state index in [1.54, 1.807) is 6.20 Å². The molecule has 0 saturated carbocycles. The number of aromatic nitrogens is 1. The van der Waals surface area contributed by atoms with E-state index in [0.29, 0.717) is 11.1 Å². The summed E-state index contributed by atoms with van der Waals surface area (Å²) >= 11 is 4.87. The number of rotatable bonds is 5. The summed E-state index contributed by atoms with van der Waals surface area (Å²) in [7, 11) is 0. The molecule has 0 amide bonds. The van der Waals surface area contributed by atoms with Crippen LogP contribution in [0.1, 0.15) is 24.8 Å². The first-order valence-electron chi connectivity index (χ1n) is 5.87. The van der Waals surface area contributed by atoms with Crippen molar-refractivity contribution in [2.75, 3.05) is 18.5 Å². The molecule has 1 aliphatic rings. The Morgan fingerprint density at radius 1 is 1.59 bits per heavy atom. The number of nitrogens with zero attached hydrogens (tertiary/aromatic N) is 1. The molecule has 0 aliphatic carbocycles. The first-order valence-corrected chi connectivity index (χ1v) is 6.28. The molecular formula is C12H17N3OS. The Labute approximate surface area is 107 Å². The highest BCUT2D eigenvalue weighted by Crippen LogP contribution is 2.15. The van der Waals surface area contributed by atoms with Gasteiger partial charge in [0.1, 0.15) is 10.8 Å². The van der Waals surface area contributed by atoms with Crippen molar-refractivity contribution in [2.24, 2.45) is 5.73 Å². The highest BCUT2D eigenvalue weighted by molar-refractivity contribution is 7.80. The van der Waals surface area contributed by atoms with Gasteiger partial charge in [-0.15, -0.1) is 0 Å². The van der Waals surface area contributed by atoms with Gasteiger partial charge in [-0.3, -0.25) is 0 Å². The van der Waals surface area contributed by atoms with E-state index in [0.717, 1.165) is 31.0 Å². The third kappa shape index (κ3) is 3.64. The molecule has 0 spiro atoms. The zero-order chi connectivity index (χ0) is 12.1. The molecule has 1 unspecified atom stereocenters. The maximum absolute atomic E-state index is 5.55. The van der Waals surface area contributed by atoms with Crippen molar-refractivity contribution >= 4 is 23.0 Å². The smallest absolute Gasteiger partial charge is 0.125 e. The van der Waals surface area contributed by atoms with Crippen LogP contribution >= 0.6 is 12.2 Å². The zero-order valence-corrected chi connectivity index (χ0v) is 10.5. The minimum atomic E-state index is 0.378. The predicted molar refractivity (Wildman–Crippen MR) is 72.2 cm³/mol. The fourth-order valence-electron chi connectivity index (χ4n) is 1.88. The molecule has 92 valence electrons. The Morgan fingerprint density at radius 3 is 3.06 bits per heavy atom. The highest BCUT2D eigenvalue weighted by Gasteiger charge is 2.14. The lowest BCUT2D eigenvalue weighted by Gasteiger charge is -2.10. The van der Waals surface area contributed by atoms with E-state index < -0.39 is 0 Å². The third-order valence-electron chi connectivity index (χ3n) is 2.84. The van der Waals surface area contributed by atoms with Gasteiger partial charge in [-0.2, -0.15) is 0 Å². The van der Waals surface area contributed by atoms with Crippen molar-refractivity contribution in [3.8, 4) is 0 Å². The SMILES string of the molecule is NC(=S)c1ccc(NCCC2CCCO2)nc1. The summed E-state index contributed by atoms with van der Waals surface area (Å²) in [6, 6.07) is 3.77. The Bertz CT molecular complexity index is 374. The number of nitrogens with two attached hydrogens (primary N) is 1. The van der Waals surface area contributed by atoms with E-state index in [-0.39, 0.29) is 0 Å². The van der Waals surface area contributed by atoms with Gasteiger partial charge in [-0.05, 0) is 31.4 Å². The number of hydrogen-bond donors (Lipinski definition) is 2. The fourth-order valence-corrected chi connectivity index (χ4v) is 2.00. The van der Waals surface area contributed by atoms with E-state index in [2.05, 4.69) is 10.3 Å². The molecule has 4 nitrogen and oxygen atoms in total. The van der Waals surface area contributed by atoms with Crippen LogP contribution < -0.4 is 11.1 Å². The third-order valence-corrected chi connectivity index (χ3v) is 3.08. The van der Waals surface area contributed by atoms with Gasteiger partial charge in [0, 0.05) is 24.9 Å². The highest BCUT2D eigenvalue weighted by atomic mass is 32.1. The summed E-state index contributed by atoms with van der Waals surface area (Å²) in [4.78, 5) is 4.62. The lowest BCUT2D eigenvalue weighted by Crippen LogP contribution is -2.13. The first kappa shape index (κ1) is 12.3. The molecule has 1 atom stereocenters. The molecule has 2 heterocycles. The van der Waals surface area contributed by atoms with Crippen LogP contribution in [0.4, 0.5) is 5.82 Å². The molecule has 3 N–H and O–H groups in total. The molecule has 2 rings (SSSR count). The second kappa shape index (κ2) is 5.93. The largest absolute Gasteiger partial charge is 0.389 e. The van der Waals surface area contributed by atoms with Gasteiger partial charge in [0.05, 0.1) is 6.10 Å². The second-order valence-electron chi connectivity index (χ2n) is 4.15. The van der Waals surface area contributed by atoms with E-state index >= 15 is 0 Å². The number of ether oxygens (including phenoxy) is 1. The normalized spacial score (nSPS) is 19.2. The lowest BCUT2D eigenvalue weighted by atomic mass is 10.2. The van der Waals surface area contributed by atoms with E-state index in [4.69, 9.17) is 22.7 Å². The number of anilines is 1. The Balaban J connectivity index is 1.76. The van der Waals surface area contributed by atoms with Crippen LogP contribution in [-0.4, -0.2) is 29.2 Å². The zero-order valence-electron chi connectivity index (χ0n) is 9.69. The minimum absolute atomic E-state index is 0.378. The Kier molecular flexibility index (Phi) is 4.28. The van der Waals surface area contributed by atoms with Crippen LogP contribution in [-0.2, 0) is 4.74 Å². The van der Waals surface area contributed by atoms with Crippen molar-refractivity contribution < 1.29 is 4.74 Å². The number of thiocarbonyl (C=S) groups is 1. The minimum Gasteiger partial charge on any atom is -0.389 e. The Morgan fingerprint density at radius 2 is 2.47 bits per heavy atom. The van der Waals surface area contributed by atoms with Crippen molar-refractivity contribution in [2.45, 2.75) is 25.4 Å². The molecule has 1 aliphatic heterocycles. The lowest BCUT2D eigenvalue weighted by molar-refractivity contribution is 0.107. The van der Waals surface area contributed by atoms with Crippen LogP contribution in [0, 0.1) is 0 Å². The average Bonchev–Trinajstić information content (AvgIpc) is 2.83. The molecule has 1 fully saturated rings. The van der Waals surface area contributed by atoms with Gasteiger partial charge in [0.2, 0.25) is 0 Å². The summed E-state index contributed by atoms with van der Waals surface area (Å²) < 4.78 is 5.55. The average molecular weight is 251 g/mol. The van der Waals surface area contributed by atoms with Crippen molar-refractivity contribution in [1.82, 2.24) is 4.98 Å². The van der Waals surface area contributed by atoms with Crippen LogP contribution in [0.5, 0.6) is 0 Å². The number of nitrogens with one attached hydrogen (secondary N) is 1. The second-order valence-corrected chi connectivity index (χ2v) is 4.59. The molecular weight excluding hydrogens is 234 g/mol. The summed E-state index contributed by atoms with van der Waals surface area (Å²) in [5, 5.41) is 3.26.